The Morgan fingerprint density at radius 1 is 1.25 bits per heavy atom. The molecule has 0 fully saturated rings. The van der Waals surface area contributed by atoms with Gasteiger partial charge in [-0.15, -0.1) is 0 Å². The van der Waals surface area contributed by atoms with E-state index in [2.05, 4.69) is 0 Å². The lowest BCUT2D eigenvalue weighted by atomic mass is 10.1. The lowest BCUT2D eigenvalue weighted by Crippen LogP contribution is -2.50. The molecule has 0 saturated carbocycles. The van der Waals surface area contributed by atoms with Crippen LogP contribution in [0, 0.1) is 0 Å². The van der Waals surface area contributed by atoms with Crippen LogP contribution in [0.4, 0.5) is 18.0 Å². The lowest BCUT2D eigenvalue weighted by Gasteiger charge is -2.33. The third-order valence-corrected chi connectivity index (χ3v) is 3.02. The van der Waals surface area contributed by atoms with Crippen LogP contribution in [0.3, 0.4) is 0 Å². The molecule has 1 unspecified atom stereocenters. The topological polar surface area (TPSA) is 29.5 Å². The molecule has 0 N–H and O–H groups in total. The zero-order valence-electron chi connectivity index (χ0n) is 10.6. The Hall–Kier alpha value is -1.98. The van der Waals surface area contributed by atoms with Crippen LogP contribution < -0.4 is 0 Å². The van der Waals surface area contributed by atoms with Crippen molar-refractivity contribution in [3.63, 3.8) is 0 Å². The molecule has 1 heterocycles. The van der Waals surface area contributed by atoms with Crippen molar-refractivity contribution < 1.29 is 22.7 Å². The van der Waals surface area contributed by atoms with Crippen molar-refractivity contribution >= 4 is 6.09 Å². The molecule has 1 aliphatic rings. The van der Waals surface area contributed by atoms with Gasteiger partial charge in [0, 0.05) is 6.54 Å². The van der Waals surface area contributed by atoms with E-state index in [0.717, 1.165) is 5.56 Å². The van der Waals surface area contributed by atoms with Crippen LogP contribution in [-0.2, 0) is 11.3 Å². The molecule has 3 nitrogen and oxygen atoms in total. The first-order chi connectivity index (χ1) is 9.48. The van der Waals surface area contributed by atoms with Gasteiger partial charge in [-0.05, 0) is 12.0 Å². The van der Waals surface area contributed by atoms with Crippen LogP contribution in [0.1, 0.15) is 12.0 Å². The molecule has 1 aliphatic heterocycles. The molecule has 0 radical (unpaired) electrons. The highest BCUT2D eigenvalue weighted by Crippen LogP contribution is 2.30. The molecule has 108 valence electrons. The number of hydrogen-bond donors (Lipinski definition) is 0. The number of rotatable bonds is 2. The molecule has 1 amide bonds. The summed E-state index contributed by atoms with van der Waals surface area (Å²) < 4.78 is 43.4. The second-order valence-electron chi connectivity index (χ2n) is 4.46. The van der Waals surface area contributed by atoms with Gasteiger partial charge in [0.15, 0.2) is 0 Å². The molecule has 0 spiro atoms. The summed E-state index contributed by atoms with van der Waals surface area (Å²) in [6.45, 7) is -0.123. The predicted octanol–water partition coefficient (Wildman–Crippen LogP) is 3.52. The SMILES string of the molecule is O=C(OCc1ccccc1)N1CC=CCC1C(F)(F)F. The summed E-state index contributed by atoms with van der Waals surface area (Å²) in [6.07, 6.45) is -2.66. The lowest BCUT2D eigenvalue weighted by molar-refractivity contribution is -0.178. The summed E-state index contributed by atoms with van der Waals surface area (Å²) in [4.78, 5) is 12.5. The van der Waals surface area contributed by atoms with Gasteiger partial charge >= 0.3 is 12.3 Å². The fourth-order valence-corrected chi connectivity index (χ4v) is 1.98. The number of halogens is 3. The third-order valence-electron chi connectivity index (χ3n) is 3.02. The highest BCUT2D eigenvalue weighted by molar-refractivity contribution is 5.68. The fourth-order valence-electron chi connectivity index (χ4n) is 1.98. The monoisotopic (exact) mass is 285 g/mol. The third kappa shape index (κ3) is 3.53. The standard InChI is InChI=1S/C14H14F3NO2/c15-14(16,17)12-8-4-5-9-18(12)13(19)20-10-11-6-2-1-3-7-11/h1-7,12H,8-10H2. The average Bonchev–Trinajstić information content (AvgIpc) is 2.45. The molecule has 0 aliphatic carbocycles. The molecule has 2 rings (SSSR count). The zero-order valence-corrected chi connectivity index (χ0v) is 10.6. The van der Waals surface area contributed by atoms with Crippen LogP contribution >= 0.6 is 0 Å². The largest absolute Gasteiger partial charge is 0.445 e. The minimum absolute atomic E-state index is 0.0372. The fraction of sp³-hybridized carbons (Fsp3) is 0.357. The number of alkyl halides is 3. The van der Waals surface area contributed by atoms with E-state index in [1.807, 2.05) is 0 Å². The van der Waals surface area contributed by atoms with Crippen molar-refractivity contribution in [3.05, 3.63) is 48.0 Å². The van der Waals surface area contributed by atoms with Gasteiger partial charge in [0.1, 0.15) is 12.6 Å². The summed E-state index contributed by atoms with van der Waals surface area (Å²) in [5, 5.41) is 0. The summed E-state index contributed by atoms with van der Waals surface area (Å²) in [6, 6.07) is 7.02. The number of carbonyl (C=O) groups excluding carboxylic acids is 1. The van der Waals surface area contributed by atoms with Gasteiger partial charge in [0.25, 0.3) is 0 Å². The predicted molar refractivity (Wildman–Crippen MR) is 66.9 cm³/mol. The van der Waals surface area contributed by atoms with Crippen LogP contribution in [0.25, 0.3) is 0 Å². The van der Waals surface area contributed by atoms with E-state index in [9.17, 15) is 18.0 Å². The quantitative estimate of drug-likeness (QED) is 0.778. The molecular weight excluding hydrogens is 271 g/mol. The van der Waals surface area contributed by atoms with Gasteiger partial charge in [-0.3, -0.25) is 4.90 Å². The van der Waals surface area contributed by atoms with Crippen molar-refractivity contribution in [3.8, 4) is 0 Å². The second kappa shape index (κ2) is 5.98. The number of benzene rings is 1. The molecule has 0 aromatic heterocycles. The van der Waals surface area contributed by atoms with Gasteiger partial charge in [0.05, 0.1) is 0 Å². The Morgan fingerprint density at radius 2 is 1.95 bits per heavy atom. The zero-order chi connectivity index (χ0) is 14.6. The number of nitrogens with zero attached hydrogens (tertiary/aromatic N) is 1. The van der Waals surface area contributed by atoms with Crippen LogP contribution in [0.5, 0.6) is 0 Å². The van der Waals surface area contributed by atoms with Crippen molar-refractivity contribution in [2.75, 3.05) is 6.54 Å². The number of amides is 1. The van der Waals surface area contributed by atoms with Crippen LogP contribution in [0.2, 0.25) is 0 Å². The number of hydrogen-bond acceptors (Lipinski definition) is 2. The minimum Gasteiger partial charge on any atom is -0.445 e. The Bertz CT molecular complexity index is 485. The summed E-state index contributed by atoms with van der Waals surface area (Å²) in [5.74, 6) is 0. The van der Waals surface area contributed by atoms with Gasteiger partial charge in [-0.1, -0.05) is 42.5 Å². The molecular formula is C14H14F3NO2. The Morgan fingerprint density at radius 3 is 2.60 bits per heavy atom. The molecule has 6 heteroatoms. The van der Waals surface area contributed by atoms with Gasteiger partial charge in [-0.2, -0.15) is 13.2 Å². The van der Waals surface area contributed by atoms with Crippen molar-refractivity contribution in [2.45, 2.75) is 25.2 Å². The molecule has 0 bridgehead atoms. The first kappa shape index (κ1) is 14.4. The summed E-state index contributed by atoms with van der Waals surface area (Å²) >= 11 is 0. The van der Waals surface area contributed by atoms with E-state index in [4.69, 9.17) is 4.74 Å². The Labute approximate surface area is 114 Å². The van der Waals surface area contributed by atoms with E-state index < -0.39 is 18.3 Å². The maximum atomic E-state index is 12.8. The first-order valence-corrected chi connectivity index (χ1v) is 6.17. The molecule has 1 aromatic carbocycles. The average molecular weight is 285 g/mol. The van der Waals surface area contributed by atoms with Crippen molar-refractivity contribution in [2.24, 2.45) is 0 Å². The molecule has 1 atom stereocenters. The smallest absolute Gasteiger partial charge is 0.410 e. The maximum absolute atomic E-state index is 12.8. The van der Waals surface area contributed by atoms with E-state index >= 15 is 0 Å². The van der Waals surface area contributed by atoms with Gasteiger partial charge in [0.2, 0.25) is 0 Å². The maximum Gasteiger partial charge on any atom is 0.410 e. The van der Waals surface area contributed by atoms with Crippen LogP contribution in [0.15, 0.2) is 42.5 Å². The van der Waals surface area contributed by atoms with E-state index in [1.165, 1.54) is 12.2 Å². The first-order valence-electron chi connectivity index (χ1n) is 6.17. The van der Waals surface area contributed by atoms with E-state index in [-0.39, 0.29) is 19.6 Å². The highest BCUT2D eigenvalue weighted by atomic mass is 19.4. The molecule has 1 aromatic rings. The highest BCUT2D eigenvalue weighted by Gasteiger charge is 2.45. The van der Waals surface area contributed by atoms with E-state index in [1.54, 1.807) is 30.3 Å². The summed E-state index contributed by atoms with van der Waals surface area (Å²) in [7, 11) is 0. The van der Waals surface area contributed by atoms with Crippen LogP contribution in [-0.4, -0.2) is 29.8 Å². The number of ether oxygens (including phenoxy) is 1. The van der Waals surface area contributed by atoms with Crippen molar-refractivity contribution in [1.29, 1.82) is 0 Å². The minimum atomic E-state index is -4.45. The molecule has 0 saturated heterocycles. The van der Waals surface area contributed by atoms with Crippen molar-refractivity contribution in [1.82, 2.24) is 4.90 Å². The normalized spacial score (nSPS) is 18.9. The van der Waals surface area contributed by atoms with E-state index in [0.29, 0.717) is 4.90 Å². The Balaban J connectivity index is 1.98. The Kier molecular flexibility index (Phi) is 4.32. The van der Waals surface area contributed by atoms with Gasteiger partial charge in [-0.25, -0.2) is 4.79 Å². The van der Waals surface area contributed by atoms with Gasteiger partial charge < -0.3 is 4.74 Å². The summed E-state index contributed by atoms with van der Waals surface area (Å²) in [5.41, 5.74) is 0.733. The number of carbonyl (C=O) groups is 1. The second-order valence-corrected chi connectivity index (χ2v) is 4.46. The molecule has 20 heavy (non-hydrogen) atoms.